The largest absolute Gasteiger partial charge is 0.453 e. The number of ether oxygens (including phenoxy) is 1. The lowest BCUT2D eigenvalue weighted by Crippen LogP contribution is -2.32. The Balaban J connectivity index is 2.00. The Hall–Kier alpha value is -2.41. The molecular weight excluding hydrogens is 302 g/mol. The van der Waals surface area contributed by atoms with E-state index in [4.69, 9.17) is 0 Å². The molecule has 6 nitrogen and oxygen atoms in total. The number of aryl methyl sites for hydroxylation is 2. The van der Waals surface area contributed by atoms with E-state index < -0.39 is 6.09 Å². The number of hydrogen-bond donors (Lipinski definition) is 2. The highest BCUT2D eigenvalue weighted by Crippen LogP contribution is 2.26. The van der Waals surface area contributed by atoms with Gasteiger partial charge >= 0.3 is 6.09 Å². The molecule has 0 aliphatic rings. The van der Waals surface area contributed by atoms with Crippen molar-refractivity contribution in [3.8, 4) is 11.3 Å². The highest BCUT2D eigenvalue weighted by molar-refractivity contribution is 7.14. The maximum absolute atomic E-state index is 11.7. The second kappa shape index (κ2) is 7.04. The second-order valence-electron chi connectivity index (χ2n) is 4.73. The number of alkyl carbamates (subject to hydrolysis) is 1. The highest BCUT2D eigenvalue weighted by atomic mass is 32.1. The van der Waals surface area contributed by atoms with E-state index in [0.717, 1.165) is 11.3 Å². The van der Waals surface area contributed by atoms with Crippen LogP contribution in [-0.2, 0) is 9.53 Å². The molecule has 22 heavy (non-hydrogen) atoms. The number of amides is 2. The van der Waals surface area contributed by atoms with Crippen molar-refractivity contribution >= 4 is 28.5 Å². The SMILES string of the molecule is COC(=O)NCC(=O)Nc1nc(-c2ccc(C)c(C)c2)cs1. The zero-order chi connectivity index (χ0) is 16.1. The van der Waals surface area contributed by atoms with E-state index in [9.17, 15) is 9.59 Å². The summed E-state index contributed by atoms with van der Waals surface area (Å²) in [5, 5.41) is 7.32. The van der Waals surface area contributed by atoms with Gasteiger partial charge in [-0.2, -0.15) is 0 Å². The third kappa shape index (κ3) is 4.05. The molecule has 7 heteroatoms. The predicted molar refractivity (Wildman–Crippen MR) is 86.1 cm³/mol. The van der Waals surface area contributed by atoms with Crippen molar-refractivity contribution in [2.24, 2.45) is 0 Å². The van der Waals surface area contributed by atoms with E-state index in [1.54, 1.807) is 0 Å². The molecule has 0 unspecified atom stereocenters. The highest BCUT2D eigenvalue weighted by Gasteiger charge is 2.09. The number of rotatable bonds is 4. The van der Waals surface area contributed by atoms with Gasteiger partial charge in [-0.25, -0.2) is 9.78 Å². The van der Waals surface area contributed by atoms with Gasteiger partial charge in [0.05, 0.1) is 12.8 Å². The van der Waals surface area contributed by atoms with Crippen LogP contribution in [0, 0.1) is 13.8 Å². The summed E-state index contributed by atoms with van der Waals surface area (Å²) in [6, 6.07) is 6.11. The Morgan fingerprint density at radius 2 is 2.05 bits per heavy atom. The minimum atomic E-state index is -0.648. The number of carbonyl (C=O) groups is 2. The third-order valence-corrected chi connectivity index (χ3v) is 3.89. The van der Waals surface area contributed by atoms with Gasteiger partial charge in [-0.1, -0.05) is 12.1 Å². The first kappa shape index (κ1) is 16.0. The van der Waals surface area contributed by atoms with Crippen molar-refractivity contribution in [2.75, 3.05) is 19.0 Å². The number of carbonyl (C=O) groups excluding carboxylic acids is 2. The average Bonchev–Trinajstić information content (AvgIpc) is 2.96. The molecule has 0 saturated carbocycles. The van der Waals surface area contributed by atoms with Gasteiger partial charge in [0.15, 0.2) is 5.13 Å². The normalized spacial score (nSPS) is 10.1. The number of nitrogens with zero attached hydrogens (tertiary/aromatic N) is 1. The monoisotopic (exact) mass is 319 g/mol. The van der Waals surface area contributed by atoms with Crippen molar-refractivity contribution < 1.29 is 14.3 Å². The molecule has 0 bridgehead atoms. The van der Waals surface area contributed by atoms with Crippen LogP contribution in [0.4, 0.5) is 9.93 Å². The van der Waals surface area contributed by atoms with E-state index in [1.165, 1.54) is 29.6 Å². The number of hydrogen-bond acceptors (Lipinski definition) is 5. The van der Waals surface area contributed by atoms with Crippen molar-refractivity contribution in [2.45, 2.75) is 13.8 Å². The fraction of sp³-hybridized carbons (Fsp3) is 0.267. The first-order valence-electron chi connectivity index (χ1n) is 6.64. The molecule has 0 aliphatic heterocycles. The van der Waals surface area contributed by atoms with Crippen molar-refractivity contribution in [3.63, 3.8) is 0 Å². The lowest BCUT2D eigenvalue weighted by Gasteiger charge is -2.04. The zero-order valence-corrected chi connectivity index (χ0v) is 13.4. The second-order valence-corrected chi connectivity index (χ2v) is 5.59. The third-order valence-electron chi connectivity index (χ3n) is 3.13. The Morgan fingerprint density at radius 3 is 2.73 bits per heavy atom. The van der Waals surface area contributed by atoms with Gasteiger partial charge in [0, 0.05) is 10.9 Å². The Kier molecular flexibility index (Phi) is 5.11. The standard InChI is InChI=1S/C15H17N3O3S/c1-9-4-5-11(6-10(9)2)12-8-22-14(17-12)18-13(19)7-16-15(20)21-3/h4-6,8H,7H2,1-3H3,(H,16,20)(H,17,18,19). The predicted octanol–water partition coefficient (Wildman–Crippen LogP) is 2.72. The van der Waals surface area contributed by atoms with Gasteiger partial charge in [-0.15, -0.1) is 11.3 Å². The summed E-state index contributed by atoms with van der Waals surface area (Å²) in [5.74, 6) is -0.355. The van der Waals surface area contributed by atoms with E-state index in [2.05, 4.69) is 33.3 Å². The number of benzene rings is 1. The molecule has 1 aromatic carbocycles. The number of thiazole rings is 1. The summed E-state index contributed by atoms with van der Waals surface area (Å²) in [6.45, 7) is 3.94. The van der Waals surface area contributed by atoms with Gasteiger partial charge in [-0.05, 0) is 31.0 Å². The number of nitrogens with one attached hydrogen (secondary N) is 2. The van der Waals surface area contributed by atoms with Crippen molar-refractivity contribution in [1.82, 2.24) is 10.3 Å². The van der Waals surface area contributed by atoms with Crippen LogP contribution < -0.4 is 10.6 Å². The van der Waals surface area contributed by atoms with Gasteiger partial charge in [0.1, 0.15) is 6.54 Å². The van der Waals surface area contributed by atoms with Gasteiger partial charge in [-0.3, -0.25) is 4.79 Å². The zero-order valence-electron chi connectivity index (χ0n) is 12.6. The number of anilines is 1. The Labute approximate surface area is 132 Å². The molecule has 1 heterocycles. The molecule has 0 radical (unpaired) electrons. The van der Waals surface area contributed by atoms with E-state index in [1.807, 2.05) is 24.4 Å². The molecule has 0 spiro atoms. The fourth-order valence-electron chi connectivity index (χ4n) is 1.75. The maximum atomic E-state index is 11.7. The molecule has 2 rings (SSSR count). The topological polar surface area (TPSA) is 80.3 Å². The summed E-state index contributed by atoms with van der Waals surface area (Å²) in [4.78, 5) is 26.9. The molecule has 116 valence electrons. The molecule has 0 saturated heterocycles. The maximum Gasteiger partial charge on any atom is 0.407 e. The summed E-state index contributed by atoms with van der Waals surface area (Å²) < 4.78 is 4.39. The lowest BCUT2D eigenvalue weighted by molar-refractivity contribution is -0.115. The molecular formula is C15H17N3O3S. The lowest BCUT2D eigenvalue weighted by atomic mass is 10.1. The molecule has 2 aromatic rings. The van der Waals surface area contributed by atoms with E-state index >= 15 is 0 Å². The van der Waals surface area contributed by atoms with Crippen molar-refractivity contribution in [1.29, 1.82) is 0 Å². The van der Waals surface area contributed by atoms with Crippen LogP contribution in [-0.4, -0.2) is 30.6 Å². The minimum Gasteiger partial charge on any atom is -0.453 e. The molecule has 1 aromatic heterocycles. The molecule has 2 N–H and O–H groups in total. The van der Waals surface area contributed by atoms with Crippen LogP contribution in [0.15, 0.2) is 23.6 Å². The first-order chi connectivity index (χ1) is 10.5. The van der Waals surface area contributed by atoms with Crippen LogP contribution in [0.1, 0.15) is 11.1 Å². The Morgan fingerprint density at radius 1 is 1.27 bits per heavy atom. The number of methoxy groups -OCH3 is 1. The molecule has 0 aliphatic carbocycles. The first-order valence-corrected chi connectivity index (χ1v) is 7.52. The van der Waals surface area contributed by atoms with Crippen molar-refractivity contribution in [3.05, 3.63) is 34.7 Å². The minimum absolute atomic E-state index is 0.161. The van der Waals surface area contributed by atoms with Gasteiger partial charge in [0.25, 0.3) is 0 Å². The van der Waals surface area contributed by atoms with Crippen LogP contribution >= 0.6 is 11.3 Å². The van der Waals surface area contributed by atoms with E-state index in [-0.39, 0.29) is 12.5 Å². The summed E-state index contributed by atoms with van der Waals surface area (Å²) >= 11 is 1.34. The molecule has 0 atom stereocenters. The number of aromatic nitrogens is 1. The fourth-order valence-corrected chi connectivity index (χ4v) is 2.49. The molecule has 2 amide bonds. The smallest absolute Gasteiger partial charge is 0.407 e. The summed E-state index contributed by atoms with van der Waals surface area (Å²) in [6.07, 6.45) is -0.648. The quantitative estimate of drug-likeness (QED) is 0.908. The van der Waals surface area contributed by atoms with Crippen LogP contribution in [0.25, 0.3) is 11.3 Å². The van der Waals surface area contributed by atoms with Gasteiger partial charge in [0.2, 0.25) is 5.91 Å². The Bertz CT molecular complexity index is 697. The van der Waals surface area contributed by atoms with Crippen LogP contribution in [0.3, 0.4) is 0 Å². The summed E-state index contributed by atoms with van der Waals surface area (Å²) in [7, 11) is 1.24. The van der Waals surface area contributed by atoms with Crippen LogP contribution in [0.2, 0.25) is 0 Å². The summed E-state index contributed by atoms with van der Waals surface area (Å²) in [5.41, 5.74) is 4.23. The molecule has 0 fully saturated rings. The van der Waals surface area contributed by atoms with Gasteiger partial charge < -0.3 is 15.4 Å². The van der Waals surface area contributed by atoms with Crippen LogP contribution in [0.5, 0.6) is 0 Å². The average molecular weight is 319 g/mol. The van der Waals surface area contributed by atoms with E-state index in [0.29, 0.717) is 5.13 Å².